The van der Waals surface area contributed by atoms with Gasteiger partial charge in [-0.25, -0.2) is 9.18 Å². The van der Waals surface area contributed by atoms with Gasteiger partial charge in [-0.3, -0.25) is 0 Å². The van der Waals surface area contributed by atoms with Crippen LogP contribution in [0.2, 0.25) is 0 Å². The van der Waals surface area contributed by atoms with Crippen molar-refractivity contribution < 1.29 is 13.9 Å². The fourth-order valence-corrected chi connectivity index (χ4v) is 1.32. The van der Waals surface area contributed by atoms with Crippen LogP contribution in [0.4, 0.5) is 4.39 Å². The van der Waals surface area contributed by atoms with Gasteiger partial charge in [-0.1, -0.05) is 0 Å². The van der Waals surface area contributed by atoms with Gasteiger partial charge in [0.25, 0.3) is 5.89 Å². The van der Waals surface area contributed by atoms with Crippen LogP contribution >= 0.6 is 0 Å². The third-order valence-electron chi connectivity index (χ3n) is 2.12. The van der Waals surface area contributed by atoms with E-state index in [1.54, 1.807) is 0 Å². The van der Waals surface area contributed by atoms with E-state index in [9.17, 15) is 14.3 Å². The fourth-order valence-electron chi connectivity index (χ4n) is 1.32. The summed E-state index contributed by atoms with van der Waals surface area (Å²) >= 11 is 0. The first-order valence-corrected chi connectivity index (χ1v) is 4.40. The van der Waals surface area contributed by atoms with Crippen molar-refractivity contribution >= 4 is 5.57 Å². The standard InChI is InChI=1S/C9H9FN2O3/c1-12-9(14)15-8(11-12)6-4-5(13)2-3-7(6)10/h4,13H,2-3H2,1H3. The lowest BCUT2D eigenvalue weighted by molar-refractivity contribution is 0.377. The number of rotatable bonds is 1. The quantitative estimate of drug-likeness (QED) is 0.761. The maximum Gasteiger partial charge on any atom is 0.437 e. The number of halogens is 1. The molecule has 1 heterocycles. The second kappa shape index (κ2) is 3.38. The molecule has 0 fully saturated rings. The molecule has 1 N–H and O–H groups in total. The van der Waals surface area contributed by atoms with Crippen LogP contribution in [-0.2, 0) is 7.05 Å². The van der Waals surface area contributed by atoms with Crippen molar-refractivity contribution in [1.82, 2.24) is 9.78 Å². The largest absolute Gasteiger partial charge is 0.512 e. The predicted octanol–water partition coefficient (Wildman–Crippen LogP) is 1.29. The van der Waals surface area contributed by atoms with Gasteiger partial charge in [0.15, 0.2) is 0 Å². The van der Waals surface area contributed by atoms with Crippen molar-refractivity contribution in [3.63, 3.8) is 0 Å². The van der Waals surface area contributed by atoms with E-state index < -0.39 is 11.6 Å². The summed E-state index contributed by atoms with van der Waals surface area (Å²) in [5, 5.41) is 12.9. The number of hydrogen-bond acceptors (Lipinski definition) is 4. The molecule has 15 heavy (non-hydrogen) atoms. The number of allylic oxidation sites excluding steroid dienone is 4. The summed E-state index contributed by atoms with van der Waals surface area (Å²) in [6.07, 6.45) is 1.58. The zero-order chi connectivity index (χ0) is 11.0. The van der Waals surface area contributed by atoms with Crippen LogP contribution in [0.15, 0.2) is 26.9 Å². The molecule has 0 saturated carbocycles. The molecule has 0 amide bonds. The maximum absolute atomic E-state index is 13.4. The molecule has 1 aromatic rings. The Kier molecular flexibility index (Phi) is 2.18. The summed E-state index contributed by atoms with van der Waals surface area (Å²) in [7, 11) is 1.40. The number of hydrogen-bond donors (Lipinski definition) is 1. The minimum Gasteiger partial charge on any atom is -0.512 e. The monoisotopic (exact) mass is 212 g/mol. The average molecular weight is 212 g/mol. The van der Waals surface area contributed by atoms with Gasteiger partial charge in [0.1, 0.15) is 5.83 Å². The lowest BCUT2D eigenvalue weighted by Crippen LogP contribution is -2.09. The van der Waals surface area contributed by atoms with E-state index >= 15 is 0 Å². The van der Waals surface area contributed by atoms with Gasteiger partial charge in [0.2, 0.25) is 0 Å². The van der Waals surface area contributed by atoms with Crippen molar-refractivity contribution in [3.8, 4) is 0 Å². The van der Waals surface area contributed by atoms with Crippen LogP contribution in [0.3, 0.4) is 0 Å². The van der Waals surface area contributed by atoms with E-state index in [0.717, 1.165) is 4.68 Å². The minimum absolute atomic E-state index is 0.0384. The number of aliphatic hydroxyl groups is 1. The molecule has 1 aliphatic rings. The van der Waals surface area contributed by atoms with E-state index in [-0.39, 0.29) is 30.1 Å². The first-order chi connectivity index (χ1) is 7.08. The van der Waals surface area contributed by atoms with Gasteiger partial charge in [0.05, 0.1) is 11.3 Å². The van der Waals surface area contributed by atoms with E-state index in [1.165, 1.54) is 13.1 Å². The Morgan fingerprint density at radius 3 is 2.93 bits per heavy atom. The van der Waals surface area contributed by atoms with Crippen LogP contribution in [0.5, 0.6) is 0 Å². The molecule has 0 aliphatic heterocycles. The average Bonchev–Trinajstić information content (AvgIpc) is 2.51. The van der Waals surface area contributed by atoms with Gasteiger partial charge in [-0.2, -0.15) is 4.68 Å². The fraction of sp³-hybridized carbons (Fsp3) is 0.333. The Hall–Kier alpha value is -1.85. The number of nitrogens with zero attached hydrogens (tertiary/aromatic N) is 2. The lowest BCUT2D eigenvalue weighted by Gasteiger charge is -2.08. The molecule has 1 aliphatic carbocycles. The summed E-state index contributed by atoms with van der Waals surface area (Å²) in [4.78, 5) is 11.0. The van der Waals surface area contributed by atoms with Crippen molar-refractivity contribution in [1.29, 1.82) is 0 Å². The Labute approximate surface area is 84.1 Å². The van der Waals surface area contributed by atoms with Crippen molar-refractivity contribution in [3.05, 3.63) is 34.1 Å². The molecule has 0 aromatic carbocycles. The first kappa shape index (κ1) is 9.70. The smallest absolute Gasteiger partial charge is 0.437 e. The van der Waals surface area contributed by atoms with Gasteiger partial charge in [-0.15, -0.1) is 5.10 Å². The summed E-state index contributed by atoms with van der Waals surface area (Å²) in [6, 6.07) is 0. The summed E-state index contributed by atoms with van der Waals surface area (Å²) in [5.41, 5.74) is 0.0384. The Balaban J connectivity index is 2.51. The normalized spacial score (nSPS) is 16.8. The molecule has 80 valence electrons. The molecule has 0 unspecified atom stereocenters. The van der Waals surface area contributed by atoms with Crippen molar-refractivity contribution in [2.75, 3.05) is 0 Å². The molecule has 0 atom stereocenters. The second-order valence-electron chi connectivity index (χ2n) is 3.25. The highest BCUT2D eigenvalue weighted by atomic mass is 19.1. The lowest BCUT2D eigenvalue weighted by atomic mass is 10.0. The molecular weight excluding hydrogens is 203 g/mol. The third kappa shape index (κ3) is 1.70. The minimum atomic E-state index is -0.663. The molecule has 0 bridgehead atoms. The zero-order valence-electron chi connectivity index (χ0n) is 8.03. The van der Waals surface area contributed by atoms with E-state index in [4.69, 9.17) is 4.42 Å². The van der Waals surface area contributed by atoms with E-state index in [2.05, 4.69) is 5.10 Å². The highest BCUT2D eigenvalue weighted by molar-refractivity contribution is 5.71. The van der Waals surface area contributed by atoms with Crippen molar-refractivity contribution in [2.45, 2.75) is 12.8 Å². The topological polar surface area (TPSA) is 68.3 Å². The maximum atomic E-state index is 13.4. The number of aryl methyl sites for hydroxylation is 1. The van der Waals surface area contributed by atoms with Crippen LogP contribution in [0.1, 0.15) is 18.7 Å². The van der Waals surface area contributed by atoms with Gasteiger partial charge < -0.3 is 9.52 Å². The first-order valence-electron chi connectivity index (χ1n) is 4.40. The third-order valence-corrected chi connectivity index (χ3v) is 2.12. The van der Waals surface area contributed by atoms with Gasteiger partial charge >= 0.3 is 5.76 Å². The Morgan fingerprint density at radius 2 is 2.33 bits per heavy atom. The summed E-state index contributed by atoms with van der Waals surface area (Å²) in [5.74, 6) is -1.15. The second-order valence-corrected chi connectivity index (χ2v) is 3.25. The highest BCUT2D eigenvalue weighted by Gasteiger charge is 2.19. The van der Waals surface area contributed by atoms with Crippen LogP contribution in [0, 0.1) is 0 Å². The highest BCUT2D eigenvalue weighted by Crippen LogP contribution is 2.29. The molecule has 6 heteroatoms. The van der Waals surface area contributed by atoms with Crippen LogP contribution in [0.25, 0.3) is 5.57 Å². The molecule has 5 nitrogen and oxygen atoms in total. The Bertz CT molecular complexity index is 510. The summed E-state index contributed by atoms with van der Waals surface area (Å²) < 4.78 is 19.0. The molecule has 0 spiro atoms. The van der Waals surface area contributed by atoms with Crippen LogP contribution < -0.4 is 5.76 Å². The zero-order valence-corrected chi connectivity index (χ0v) is 8.03. The molecular formula is C9H9FN2O3. The molecule has 1 aromatic heterocycles. The molecule has 2 rings (SSSR count). The predicted molar refractivity (Wildman–Crippen MR) is 49.7 cm³/mol. The number of aromatic nitrogens is 2. The van der Waals surface area contributed by atoms with E-state index in [1.807, 2.05) is 0 Å². The van der Waals surface area contributed by atoms with Gasteiger partial charge in [-0.05, 0) is 6.08 Å². The molecule has 0 saturated heterocycles. The molecule has 0 radical (unpaired) electrons. The Morgan fingerprint density at radius 1 is 1.60 bits per heavy atom. The van der Waals surface area contributed by atoms with Crippen LogP contribution in [-0.4, -0.2) is 14.9 Å². The van der Waals surface area contributed by atoms with Crippen molar-refractivity contribution in [2.24, 2.45) is 7.05 Å². The van der Waals surface area contributed by atoms with Gasteiger partial charge in [0, 0.05) is 19.9 Å². The van der Waals surface area contributed by atoms with E-state index in [0.29, 0.717) is 0 Å². The number of aliphatic hydroxyl groups excluding tert-OH is 1. The SMILES string of the molecule is Cn1nc(C2=C(F)CCC(O)=C2)oc1=O. The summed E-state index contributed by atoms with van der Waals surface area (Å²) in [6.45, 7) is 0.